The molecular weight excluding hydrogens is 190 g/mol. The van der Waals surface area contributed by atoms with Gasteiger partial charge in [0.05, 0.1) is 5.56 Å². The van der Waals surface area contributed by atoms with Crippen molar-refractivity contribution in [3.05, 3.63) is 48.0 Å². The SMILES string of the molecule is Cc1nccn1C(=O)c1ccccc1N. The highest BCUT2D eigenvalue weighted by Gasteiger charge is 2.12. The number of anilines is 1. The maximum atomic E-state index is 12.0. The van der Waals surface area contributed by atoms with Crippen LogP contribution in [-0.4, -0.2) is 15.5 Å². The van der Waals surface area contributed by atoms with Gasteiger partial charge in [0.25, 0.3) is 5.91 Å². The van der Waals surface area contributed by atoms with Crippen LogP contribution in [0.25, 0.3) is 0 Å². The number of carbonyl (C=O) groups excluding carboxylic acids is 1. The zero-order valence-electron chi connectivity index (χ0n) is 8.34. The van der Waals surface area contributed by atoms with Crippen molar-refractivity contribution in [1.82, 2.24) is 9.55 Å². The van der Waals surface area contributed by atoms with Crippen LogP contribution in [0.1, 0.15) is 16.2 Å². The van der Waals surface area contributed by atoms with Gasteiger partial charge in [-0.2, -0.15) is 0 Å². The van der Waals surface area contributed by atoms with E-state index in [-0.39, 0.29) is 5.91 Å². The van der Waals surface area contributed by atoms with Gasteiger partial charge in [-0.3, -0.25) is 9.36 Å². The number of nitrogens with two attached hydrogens (primary N) is 1. The summed E-state index contributed by atoms with van der Waals surface area (Å²) in [6, 6.07) is 7.00. The number of hydrogen-bond acceptors (Lipinski definition) is 3. The number of imidazole rings is 1. The second-order valence-corrected chi connectivity index (χ2v) is 3.24. The van der Waals surface area contributed by atoms with Gasteiger partial charge in [0.15, 0.2) is 0 Å². The van der Waals surface area contributed by atoms with Crippen LogP contribution in [-0.2, 0) is 0 Å². The quantitative estimate of drug-likeness (QED) is 0.710. The molecule has 0 atom stereocenters. The summed E-state index contributed by atoms with van der Waals surface area (Å²) < 4.78 is 1.48. The molecule has 0 amide bonds. The van der Waals surface area contributed by atoms with Gasteiger partial charge in [0.1, 0.15) is 5.82 Å². The van der Waals surface area contributed by atoms with Crippen molar-refractivity contribution < 1.29 is 4.79 Å². The predicted octanol–water partition coefficient (Wildman–Crippen LogP) is 1.46. The predicted molar refractivity (Wildman–Crippen MR) is 57.5 cm³/mol. The Kier molecular flexibility index (Phi) is 2.25. The monoisotopic (exact) mass is 201 g/mol. The molecule has 1 heterocycles. The maximum absolute atomic E-state index is 12.0. The van der Waals surface area contributed by atoms with Crippen LogP contribution in [0.4, 0.5) is 5.69 Å². The van der Waals surface area contributed by atoms with Gasteiger partial charge >= 0.3 is 0 Å². The number of aryl methyl sites for hydroxylation is 1. The minimum absolute atomic E-state index is 0.150. The highest BCUT2D eigenvalue weighted by molar-refractivity contribution is 6.00. The average molecular weight is 201 g/mol. The summed E-state index contributed by atoms with van der Waals surface area (Å²) >= 11 is 0. The van der Waals surface area contributed by atoms with Crippen LogP contribution in [0.3, 0.4) is 0 Å². The van der Waals surface area contributed by atoms with Gasteiger partial charge in [0.2, 0.25) is 0 Å². The third-order valence-electron chi connectivity index (χ3n) is 2.24. The van der Waals surface area contributed by atoms with E-state index < -0.39 is 0 Å². The normalized spacial score (nSPS) is 10.2. The van der Waals surface area contributed by atoms with E-state index in [0.29, 0.717) is 17.1 Å². The summed E-state index contributed by atoms with van der Waals surface area (Å²) in [7, 11) is 0. The minimum Gasteiger partial charge on any atom is -0.398 e. The molecule has 2 rings (SSSR count). The molecule has 0 bridgehead atoms. The van der Waals surface area contributed by atoms with Crippen molar-refractivity contribution in [2.75, 3.05) is 5.73 Å². The van der Waals surface area contributed by atoms with Gasteiger partial charge in [-0.05, 0) is 19.1 Å². The van der Waals surface area contributed by atoms with Gasteiger partial charge < -0.3 is 5.73 Å². The second kappa shape index (κ2) is 3.57. The molecular formula is C11H11N3O. The molecule has 1 aromatic carbocycles. The van der Waals surface area contributed by atoms with E-state index in [2.05, 4.69) is 4.98 Å². The van der Waals surface area contributed by atoms with Crippen molar-refractivity contribution >= 4 is 11.6 Å². The largest absolute Gasteiger partial charge is 0.398 e. The average Bonchev–Trinajstić information content (AvgIpc) is 2.64. The van der Waals surface area contributed by atoms with Crippen LogP contribution in [0, 0.1) is 6.92 Å². The molecule has 0 saturated heterocycles. The summed E-state index contributed by atoms with van der Waals surface area (Å²) in [5.74, 6) is 0.506. The number of hydrogen-bond donors (Lipinski definition) is 1. The fraction of sp³-hybridized carbons (Fsp3) is 0.0909. The van der Waals surface area contributed by atoms with Gasteiger partial charge in [-0.25, -0.2) is 4.98 Å². The molecule has 0 aliphatic heterocycles. The van der Waals surface area contributed by atoms with Crippen LogP contribution in [0.2, 0.25) is 0 Å². The standard InChI is InChI=1S/C11H11N3O/c1-8-13-6-7-14(8)11(15)9-4-2-3-5-10(9)12/h2-7H,12H2,1H3. The fourth-order valence-corrected chi connectivity index (χ4v) is 1.41. The Labute approximate surface area is 87.4 Å². The van der Waals surface area contributed by atoms with E-state index in [4.69, 9.17) is 5.73 Å². The second-order valence-electron chi connectivity index (χ2n) is 3.24. The summed E-state index contributed by atoms with van der Waals surface area (Å²) in [5, 5.41) is 0. The van der Waals surface area contributed by atoms with Crippen LogP contribution >= 0.6 is 0 Å². The molecule has 0 spiro atoms. The van der Waals surface area contributed by atoms with E-state index >= 15 is 0 Å². The lowest BCUT2D eigenvalue weighted by Gasteiger charge is -2.05. The van der Waals surface area contributed by atoms with Gasteiger partial charge in [0, 0.05) is 18.1 Å². The lowest BCUT2D eigenvalue weighted by Crippen LogP contribution is -2.14. The minimum atomic E-state index is -0.150. The first-order chi connectivity index (χ1) is 7.20. The number of nitrogens with zero attached hydrogens (tertiary/aromatic N) is 2. The summed E-state index contributed by atoms with van der Waals surface area (Å²) in [5.41, 5.74) is 6.70. The molecule has 76 valence electrons. The number of carbonyl (C=O) groups is 1. The first-order valence-electron chi connectivity index (χ1n) is 4.59. The third-order valence-corrected chi connectivity index (χ3v) is 2.24. The molecule has 0 aliphatic rings. The number of para-hydroxylation sites is 1. The first kappa shape index (κ1) is 9.45. The highest BCUT2D eigenvalue weighted by Crippen LogP contribution is 2.13. The highest BCUT2D eigenvalue weighted by atomic mass is 16.2. The number of nitrogen functional groups attached to an aromatic ring is 1. The lowest BCUT2D eigenvalue weighted by atomic mass is 10.1. The van der Waals surface area contributed by atoms with Crippen molar-refractivity contribution in [2.24, 2.45) is 0 Å². The Morgan fingerprint density at radius 2 is 2.13 bits per heavy atom. The Morgan fingerprint density at radius 1 is 1.40 bits per heavy atom. The van der Waals surface area contributed by atoms with E-state index in [1.165, 1.54) is 4.57 Å². The van der Waals surface area contributed by atoms with E-state index in [0.717, 1.165) is 0 Å². The molecule has 2 aromatic rings. The number of rotatable bonds is 1. The van der Waals surface area contributed by atoms with Crippen LogP contribution < -0.4 is 5.73 Å². The molecule has 2 N–H and O–H groups in total. The number of aromatic nitrogens is 2. The third kappa shape index (κ3) is 1.61. The molecule has 1 aromatic heterocycles. The van der Waals surface area contributed by atoms with E-state index in [1.807, 2.05) is 0 Å². The maximum Gasteiger partial charge on any atom is 0.265 e. The molecule has 4 heteroatoms. The summed E-state index contributed by atoms with van der Waals surface area (Å²) in [4.78, 5) is 16.0. The Bertz CT molecular complexity index is 502. The van der Waals surface area contributed by atoms with Crippen molar-refractivity contribution in [3.63, 3.8) is 0 Å². The van der Waals surface area contributed by atoms with Gasteiger partial charge in [-0.1, -0.05) is 12.1 Å². The lowest BCUT2D eigenvalue weighted by molar-refractivity contribution is 0.0958. The fourth-order valence-electron chi connectivity index (χ4n) is 1.41. The summed E-state index contributed by atoms with van der Waals surface area (Å²) in [6.45, 7) is 1.77. The van der Waals surface area contributed by atoms with Crippen LogP contribution in [0.15, 0.2) is 36.7 Å². The molecule has 0 unspecified atom stereocenters. The van der Waals surface area contributed by atoms with Crippen molar-refractivity contribution in [1.29, 1.82) is 0 Å². The molecule has 0 fully saturated rings. The molecule has 0 radical (unpaired) electrons. The van der Waals surface area contributed by atoms with E-state index in [1.54, 1.807) is 43.6 Å². The zero-order chi connectivity index (χ0) is 10.8. The van der Waals surface area contributed by atoms with E-state index in [9.17, 15) is 4.79 Å². The molecule has 0 aliphatic carbocycles. The molecule has 15 heavy (non-hydrogen) atoms. The summed E-state index contributed by atoms with van der Waals surface area (Å²) in [6.07, 6.45) is 3.22. The Morgan fingerprint density at radius 3 is 2.73 bits per heavy atom. The van der Waals surface area contributed by atoms with Crippen molar-refractivity contribution in [3.8, 4) is 0 Å². The van der Waals surface area contributed by atoms with Crippen LogP contribution in [0.5, 0.6) is 0 Å². The zero-order valence-corrected chi connectivity index (χ0v) is 8.34. The topological polar surface area (TPSA) is 60.9 Å². The Hall–Kier alpha value is -2.10. The van der Waals surface area contributed by atoms with Gasteiger partial charge in [-0.15, -0.1) is 0 Å². The molecule has 4 nitrogen and oxygen atoms in total. The van der Waals surface area contributed by atoms with Crippen molar-refractivity contribution in [2.45, 2.75) is 6.92 Å². The molecule has 0 saturated carbocycles. The smallest absolute Gasteiger partial charge is 0.265 e. The Balaban J connectivity index is 2.46. The first-order valence-corrected chi connectivity index (χ1v) is 4.59. The number of benzene rings is 1.